The smallest absolute Gasteiger partial charge is 0.0253 e. The highest BCUT2D eigenvalue weighted by Gasteiger charge is 2.00. The van der Waals surface area contributed by atoms with Gasteiger partial charge in [-0.3, -0.25) is 0 Å². The third kappa shape index (κ3) is 6.33. The Morgan fingerprint density at radius 3 is 2.07 bits per heavy atom. The molecule has 0 aromatic heterocycles. The lowest BCUT2D eigenvalue weighted by Gasteiger charge is -2.09. The van der Waals surface area contributed by atoms with Gasteiger partial charge in [-0.15, -0.1) is 0 Å². The standard InChI is InChI=1S/C12H18.C2H6.CH4/c1-9(2)7-12-8-10(3)5-6-11(12)4;1-2;/h5-6,8-9H,7H2,1-4H3;1-2H3;1H4. The molecule has 15 heavy (non-hydrogen) atoms. The normalized spacial score (nSPS) is 9.00. The molecule has 0 atom stereocenters. The molecule has 0 aliphatic rings. The highest BCUT2D eigenvalue weighted by Crippen LogP contribution is 2.14. The molecule has 0 bridgehead atoms. The van der Waals surface area contributed by atoms with Crippen molar-refractivity contribution in [3.05, 3.63) is 34.9 Å². The van der Waals surface area contributed by atoms with Gasteiger partial charge in [-0.25, -0.2) is 0 Å². The van der Waals surface area contributed by atoms with Crippen LogP contribution in [0.25, 0.3) is 0 Å². The number of hydrogen-bond donors (Lipinski definition) is 0. The quantitative estimate of drug-likeness (QED) is 0.629. The van der Waals surface area contributed by atoms with Gasteiger partial charge in [-0.05, 0) is 37.3 Å². The first-order valence-corrected chi connectivity index (χ1v) is 5.65. The number of benzene rings is 1. The maximum Gasteiger partial charge on any atom is -0.0253 e. The van der Waals surface area contributed by atoms with Crippen LogP contribution in [-0.4, -0.2) is 0 Å². The molecule has 0 amide bonds. The van der Waals surface area contributed by atoms with Crippen molar-refractivity contribution in [3.63, 3.8) is 0 Å². The Balaban J connectivity index is 0. The molecule has 0 aliphatic carbocycles. The van der Waals surface area contributed by atoms with E-state index in [0.29, 0.717) is 0 Å². The molecule has 0 nitrogen and oxygen atoms in total. The van der Waals surface area contributed by atoms with E-state index in [2.05, 4.69) is 45.9 Å². The van der Waals surface area contributed by atoms with Crippen molar-refractivity contribution in [1.82, 2.24) is 0 Å². The van der Waals surface area contributed by atoms with Crippen molar-refractivity contribution in [2.24, 2.45) is 5.92 Å². The van der Waals surface area contributed by atoms with Gasteiger partial charge < -0.3 is 0 Å². The van der Waals surface area contributed by atoms with Crippen molar-refractivity contribution in [1.29, 1.82) is 0 Å². The van der Waals surface area contributed by atoms with E-state index in [1.54, 1.807) is 0 Å². The zero-order valence-corrected chi connectivity index (χ0v) is 10.5. The average Bonchev–Trinajstić information content (AvgIpc) is 2.14. The molecule has 0 heteroatoms. The summed E-state index contributed by atoms with van der Waals surface area (Å²) < 4.78 is 0. The van der Waals surface area contributed by atoms with Gasteiger partial charge in [0.25, 0.3) is 0 Å². The first-order chi connectivity index (χ1) is 6.59. The van der Waals surface area contributed by atoms with E-state index in [0.717, 1.165) is 5.92 Å². The molecule has 0 aliphatic heterocycles. The molecule has 88 valence electrons. The van der Waals surface area contributed by atoms with Crippen molar-refractivity contribution >= 4 is 0 Å². The predicted molar refractivity (Wildman–Crippen MR) is 72.5 cm³/mol. The summed E-state index contributed by atoms with van der Waals surface area (Å²) in [5, 5.41) is 0. The third-order valence-corrected chi connectivity index (χ3v) is 2.13. The fourth-order valence-electron chi connectivity index (χ4n) is 1.46. The molecule has 0 fully saturated rings. The van der Waals surface area contributed by atoms with Crippen LogP contribution in [-0.2, 0) is 6.42 Å². The van der Waals surface area contributed by atoms with Gasteiger partial charge in [0, 0.05) is 0 Å². The summed E-state index contributed by atoms with van der Waals surface area (Å²) in [6, 6.07) is 6.70. The Morgan fingerprint density at radius 2 is 1.60 bits per heavy atom. The number of hydrogen-bond acceptors (Lipinski definition) is 0. The molecule has 0 unspecified atom stereocenters. The molecule has 0 heterocycles. The average molecular weight is 208 g/mol. The van der Waals surface area contributed by atoms with Gasteiger partial charge in [-0.2, -0.15) is 0 Å². The maximum atomic E-state index is 2.30. The summed E-state index contributed by atoms with van der Waals surface area (Å²) >= 11 is 0. The van der Waals surface area contributed by atoms with Crippen molar-refractivity contribution in [2.45, 2.75) is 55.4 Å². The second-order valence-electron chi connectivity index (χ2n) is 4.03. The summed E-state index contributed by atoms with van der Waals surface area (Å²) in [7, 11) is 0. The highest BCUT2D eigenvalue weighted by molar-refractivity contribution is 5.30. The Labute approximate surface area is 96.7 Å². The summed E-state index contributed by atoms with van der Waals surface area (Å²) in [4.78, 5) is 0. The second kappa shape index (κ2) is 8.52. The van der Waals surface area contributed by atoms with E-state index in [-0.39, 0.29) is 7.43 Å². The van der Waals surface area contributed by atoms with Crippen LogP contribution in [0.3, 0.4) is 0 Å². The van der Waals surface area contributed by atoms with Crippen LogP contribution in [0.5, 0.6) is 0 Å². The van der Waals surface area contributed by atoms with E-state index in [4.69, 9.17) is 0 Å². The molecule has 0 spiro atoms. The predicted octanol–water partition coefficient (Wildman–Crippen LogP) is 5.16. The zero-order valence-electron chi connectivity index (χ0n) is 10.5. The van der Waals surface area contributed by atoms with Crippen LogP contribution in [0.4, 0.5) is 0 Å². The van der Waals surface area contributed by atoms with Crippen LogP contribution in [0, 0.1) is 19.8 Å². The van der Waals surface area contributed by atoms with E-state index < -0.39 is 0 Å². The van der Waals surface area contributed by atoms with Gasteiger partial charge in [-0.1, -0.05) is 58.9 Å². The van der Waals surface area contributed by atoms with Gasteiger partial charge in [0.2, 0.25) is 0 Å². The largest absolute Gasteiger partial charge is 0.0776 e. The van der Waals surface area contributed by atoms with Crippen LogP contribution in [0.2, 0.25) is 0 Å². The molecule has 1 aromatic carbocycles. The van der Waals surface area contributed by atoms with Crippen molar-refractivity contribution in [3.8, 4) is 0 Å². The fourth-order valence-corrected chi connectivity index (χ4v) is 1.46. The van der Waals surface area contributed by atoms with Gasteiger partial charge in [0.1, 0.15) is 0 Å². The number of rotatable bonds is 2. The van der Waals surface area contributed by atoms with Crippen LogP contribution in [0.1, 0.15) is 51.8 Å². The molecule has 0 N–H and O–H groups in total. The minimum atomic E-state index is 0. The van der Waals surface area contributed by atoms with Gasteiger partial charge in [0.05, 0.1) is 0 Å². The van der Waals surface area contributed by atoms with E-state index >= 15 is 0 Å². The summed E-state index contributed by atoms with van der Waals surface area (Å²) in [6.45, 7) is 12.9. The van der Waals surface area contributed by atoms with E-state index in [1.807, 2.05) is 13.8 Å². The molecular weight excluding hydrogens is 180 g/mol. The SMILES string of the molecule is C.CC.Cc1ccc(C)c(CC(C)C)c1. The third-order valence-electron chi connectivity index (χ3n) is 2.13. The summed E-state index contributed by atoms with van der Waals surface area (Å²) in [5.41, 5.74) is 4.30. The van der Waals surface area contributed by atoms with Crippen molar-refractivity contribution in [2.75, 3.05) is 0 Å². The summed E-state index contributed by atoms with van der Waals surface area (Å²) in [5.74, 6) is 0.755. The number of aryl methyl sites for hydroxylation is 2. The lowest BCUT2D eigenvalue weighted by molar-refractivity contribution is 0.644. The Bertz CT molecular complexity index is 259. The molecular formula is C15H28. The first-order valence-electron chi connectivity index (χ1n) is 5.65. The Morgan fingerprint density at radius 1 is 1.07 bits per heavy atom. The monoisotopic (exact) mass is 208 g/mol. The van der Waals surface area contributed by atoms with Gasteiger partial charge in [0.15, 0.2) is 0 Å². The fraction of sp³-hybridized carbons (Fsp3) is 0.600. The zero-order chi connectivity index (χ0) is 11.1. The first kappa shape index (κ1) is 16.6. The van der Waals surface area contributed by atoms with Crippen LogP contribution in [0.15, 0.2) is 18.2 Å². The lowest BCUT2D eigenvalue weighted by Crippen LogP contribution is -1.96. The van der Waals surface area contributed by atoms with Crippen molar-refractivity contribution < 1.29 is 0 Å². The molecule has 0 radical (unpaired) electrons. The van der Waals surface area contributed by atoms with Crippen LogP contribution < -0.4 is 0 Å². The minimum absolute atomic E-state index is 0. The lowest BCUT2D eigenvalue weighted by atomic mass is 9.97. The molecule has 1 rings (SSSR count). The molecule has 0 saturated heterocycles. The highest BCUT2D eigenvalue weighted by atomic mass is 14.1. The van der Waals surface area contributed by atoms with E-state index in [1.165, 1.54) is 23.1 Å². The second-order valence-corrected chi connectivity index (χ2v) is 4.03. The van der Waals surface area contributed by atoms with Crippen LogP contribution >= 0.6 is 0 Å². The molecule has 1 aromatic rings. The Kier molecular flexibility index (Phi) is 9.46. The van der Waals surface area contributed by atoms with Gasteiger partial charge >= 0.3 is 0 Å². The Hall–Kier alpha value is -0.780. The topological polar surface area (TPSA) is 0 Å². The minimum Gasteiger partial charge on any atom is -0.0776 e. The van der Waals surface area contributed by atoms with E-state index in [9.17, 15) is 0 Å². The maximum absolute atomic E-state index is 2.30. The molecule has 0 saturated carbocycles. The summed E-state index contributed by atoms with van der Waals surface area (Å²) in [6.07, 6.45) is 1.20.